The molecule has 0 amide bonds. The van der Waals surface area contributed by atoms with Gasteiger partial charge in [-0.1, -0.05) is 84.9 Å². The molecule has 0 saturated carbocycles. The van der Waals surface area contributed by atoms with E-state index in [0.717, 1.165) is 21.5 Å². The molecule has 38 heavy (non-hydrogen) atoms. The van der Waals surface area contributed by atoms with Crippen LogP contribution in [0.25, 0.3) is 21.5 Å². The molecule has 6 aromatic rings. The van der Waals surface area contributed by atoms with Crippen LogP contribution in [0.2, 0.25) is 0 Å². The van der Waals surface area contributed by atoms with E-state index < -0.39 is 0 Å². The lowest BCUT2D eigenvalue weighted by molar-refractivity contribution is 0.0976. The summed E-state index contributed by atoms with van der Waals surface area (Å²) in [6, 6.07) is 37.7. The van der Waals surface area contributed by atoms with Crippen LogP contribution in [0, 0.1) is 0 Å². The second kappa shape index (κ2) is 8.71. The number of carbonyl (C=O) groups is 2. The van der Waals surface area contributed by atoms with Crippen LogP contribution in [-0.2, 0) is 0 Å². The van der Waals surface area contributed by atoms with E-state index in [1.165, 1.54) is 0 Å². The minimum absolute atomic E-state index is 0.208. The van der Waals surface area contributed by atoms with Crippen LogP contribution >= 0.6 is 0 Å². The summed E-state index contributed by atoms with van der Waals surface area (Å²) in [5.41, 5.74) is 1.26. The molecule has 0 fully saturated rings. The first-order valence-corrected chi connectivity index (χ1v) is 12.3. The zero-order chi connectivity index (χ0) is 25.6. The predicted octanol–water partition coefficient (Wildman–Crippen LogP) is 8.35. The molecular formula is C34H20O4. The summed E-state index contributed by atoms with van der Waals surface area (Å²) in [5, 5.41) is 4.19. The summed E-state index contributed by atoms with van der Waals surface area (Å²) in [4.78, 5) is 27.2. The minimum Gasteiger partial charge on any atom is -0.453 e. The standard InChI is InChI=1S/C34H20O4/c35-32-27-11-5-6-12-28(27)33(36)31-29(32)17-18-30(37-25-15-13-21-7-1-3-9-23(21)19-25)34(31)38-26-16-14-22-8-2-4-10-24(22)20-26/h1-20H. The van der Waals surface area contributed by atoms with E-state index in [0.29, 0.717) is 33.9 Å². The molecule has 0 N–H and O–H groups in total. The molecule has 0 unspecified atom stereocenters. The van der Waals surface area contributed by atoms with Crippen molar-refractivity contribution >= 4 is 33.1 Å². The van der Waals surface area contributed by atoms with Gasteiger partial charge in [0.05, 0.1) is 5.56 Å². The Bertz CT molecular complexity index is 1920. The molecule has 6 aromatic carbocycles. The summed E-state index contributed by atoms with van der Waals surface area (Å²) < 4.78 is 12.7. The number of benzene rings is 6. The maximum absolute atomic E-state index is 13.8. The monoisotopic (exact) mass is 492 g/mol. The zero-order valence-corrected chi connectivity index (χ0v) is 20.2. The van der Waals surface area contributed by atoms with Gasteiger partial charge in [-0.15, -0.1) is 0 Å². The van der Waals surface area contributed by atoms with Crippen molar-refractivity contribution in [1.29, 1.82) is 0 Å². The van der Waals surface area contributed by atoms with Gasteiger partial charge in [0.2, 0.25) is 0 Å². The van der Waals surface area contributed by atoms with Crippen molar-refractivity contribution in [3.63, 3.8) is 0 Å². The second-order valence-corrected chi connectivity index (χ2v) is 9.24. The van der Waals surface area contributed by atoms with Crippen molar-refractivity contribution in [2.24, 2.45) is 0 Å². The highest BCUT2D eigenvalue weighted by atomic mass is 16.5. The highest BCUT2D eigenvalue weighted by Crippen LogP contribution is 2.44. The molecule has 1 aliphatic rings. The highest BCUT2D eigenvalue weighted by Gasteiger charge is 2.34. The Morgan fingerprint density at radius 1 is 0.421 bits per heavy atom. The van der Waals surface area contributed by atoms with Gasteiger partial charge in [0.15, 0.2) is 23.1 Å². The smallest absolute Gasteiger partial charge is 0.198 e. The number of hydrogen-bond donors (Lipinski definition) is 0. The summed E-state index contributed by atoms with van der Waals surface area (Å²) in [7, 11) is 0. The van der Waals surface area contributed by atoms with Gasteiger partial charge in [0, 0.05) is 16.7 Å². The van der Waals surface area contributed by atoms with Crippen molar-refractivity contribution in [3.05, 3.63) is 144 Å². The number of ketones is 2. The van der Waals surface area contributed by atoms with Crippen LogP contribution in [0.5, 0.6) is 23.0 Å². The average Bonchev–Trinajstić information content (AvgIpc) is 2.96. The third-order valence-electron chi connectivity index (χ3n) is 6.90. The molecule has 0 atom stereocenters. The maximum atomic E-state index is 13.8. The van der Waals surface area contributed by atoms with Gasteiger partial charge in [0.25, 0.3) is 0 Å². The van der Waals surface area contributed by atoms with Gasteiger partial charge in [-0.05, 0) is 57.9 Å². The average molecular weight is 493 g/mol. The van der Waals surface area contributed by atoms with Crippen molar-refractivity contribution in [2.75, 3.05) is 0 Å². The Hall–Kier alpha value is -5.22. The van der Waals surface area contributed by atoms with Crippen molar-refractivity contribution in [2.45, 2.75) is 0 Å². The normalized spacial score (nSPS) is 12.3. The quantitative estimate of drug-likeness (QED) is 0.248. The molecule has 7 rings (SSSR count). The molecule has 0 bridgehead atoms. The fourth-order valence-electron chi connectivity index (χ4n) is 5.03. The Balaban J connectivity index is 1.39. The first-order valence-electron chi connectivity index (χ1n) is 12.3. The molecule has 4 heteroatoms. The van der Waals surface area contributed by atoms with Crippen LogP contribution in [0.15, 0.2) is 121 Å². The number of fused-ring (bicyclic) bond motifs is 4. The molecule has 0 aliphatic heterocycles. The molecule has 4 nitrogen and oxygen atoms in total. The predicted molar refractivity (Wildman–Crippen MR) is 148 cm³/mol. The van der Waals surface area contributed by atoms with E-state index in [-0.39, 0.29) is 22.9 Å². The van der Waals surface area contributed by atoms with E-state index >= 15 is 0 Å². The first-order chi connectivity index (χ1) is 18.7. The summed E-state index contributed by atoms with van der Waals surface area (Å²) in [5.74, 6) is 1.24. The lowest BCUT2D eigenvalue weighted by Gasteiger charge is -2.22. The Morgan fingerprint density at radius 2 is 0.947 bits per heavy atom. The van der Waals surface area contributed by atoms with E-state index in [9.17, 15) is 9.59 Å². The van der Waals surface area contributed by atoms with Crippen molar-refractivity contribution < 1.29 is 19.1 Å². The molecule has 0 radical (unpaired) electrons. The van der Waals surface area contributed by atoms with Gasteiger partial charge in [-0.2, -0.15) is 0 Å². The van der Waals surface area contributed by atoms with Gasteiger partial charge in [-0.25, -0.2) is 0 Å². The Morgan fingerprint density at radius 3 is 1.58 bits per heavy atom. The molecule has 0 spiro atoms. The zero-order valence-electron chi connectivity index (χ0n) is 20.2. The van der Waals surface area contributed by atoms with E-state index in [4.69, 9.17) is 9.47 Å². The largest absolute Gasteiger partial charge is 0.453 e. The fourth-order valence-corrected chi connectivity index (χ4v) is 5.03. The summed E-state index contributed by atoms with van der Waals surface area (Å²) in [6.45, 7) is 0. The highest BCUT2D eigenvalue weighted by molar-refractivity contribution is 6.29. The van der Waals surface area contributed by atoms with Crippen LogP contribution < -0.4 is 9.47 Å². The van der Waals surface area contributed by atoms with Gasteiger partial charge in [-0.3, -0.25) is 9.59 Å². The minimum atomic E-state index is -0.269. The van der Waals surface area contributed by atoms with Gasteiger partial charge in [0.1, 0.15) is 11.5 Å². The number of carbonyl (C=O) groups excluding carboxylic acids is 2. The van der Waals surface area contributed by atoms with Crippen LogP contribution in [0.1, 0.15) is 31.8 Å². The van der Waals surface area contributed by atoms with Crippen LogP contribution in [0.4, 0.5) is 0 Å². The Labute approximate surface area is 218 Å². The molecule has 1 aliphatic carbocycles. The van der Waals surface area contributed by atoms with Gasteiger partial charge < -0.3 is 9.47 Å². The molecule has 180 valence electrons. The summed E-state index contributed by atoms with van der Waals surface area (Å²) >= 11 is 0. The molecule has 0 aromatic heterocycles. The number of rotatable bonds is 4. The third kappa shape index (κ3) is 3.62. The first kappa shape index (κ1) is 22.0. The maximum Gasteiger partial charge on any atom is 0.198 e. The number of hydrogen-bond acceptors (Lipinski definition) is 4. The van der Waals surface area contributed by atoms with Crippen LogP contribution in [-0.4, -0.2) is 11.6 Å². The topological polar surface area (TPSA) is 52.6 Å². The third-order valence-corrected chi connectivity index (χ3v) is 6.90. The number of ether oxygens (including phenoxy) is 2. The summed E-state index contributed by atoms with van der Waals surface area (Å²) in [6.07, 6.45) is 0. The lowest BCUT2D eigenvalue weighted by atomic mass is 9.83. The van der Waals surface area contributed by atoms with E-state index in [1.807, 2.05) is 84.9 Å². The van der Waals surface area contributed by atoms with E-state index in [1.54, 1.807) is 36.4 Å². The van der Waals surface area contributed by atoms with Crippen molar-refractivity contribution in [3.8, 4) is 23.0 Å². The van der Waals surface area contributed by atoms with Crippen LogP contribution in [0.3, 0.4) is 0 Å². The van der Waals surface area contributed by atoms with Crippen molar-refractivity contribution in [1.82, 2.24) is 0 Å². The lowest BCUT2D eigenvalue weighted by Crippen LogP contribution is -2.21. The van der Waals surface area contributed by atoms with E-state index in [2.05, 4.69) is 0 Å². The fraction of sp³-hybridized carbons (Fsp3) is 0. The Kier molecular flexibility index (Phi) is 5.05. The second-order valence-electron chi connectivity index (χ2n) is 9.24. The molecular weight excluding hydrogens is 472 g/mol. The SMILES string of the molecule is O=C1c2ccccc2C(=O)c2c1ccc(Oc1ccc3ccccc3c1)c2Oc1ccc2ccccc2c1. The van der Waals surface area contributed by atoms with Gasteiger partial charge >= 0.3 is 0 Å². The molecule has 0 heterocycles. The molecule has 0 saturated heterocycles.